The van der Waals surface area contributed by atoms with Crippen LogP contribution in [0, 0.1) is 19.9 Å². The van der Waals surface area contributed by atoms with Gasteiger partial charge in [-0.05, 0) is 62.6 Å². The topological polar surface area (TPSA) is 38.7 Å². The molecule has 0 fully saturated rings. The van der Waals surface area contributed by atoms with E-state index in [0.717, 1.165) is 55.7 Å². The Balaban J connectivity index is 0.00000280. The fourth-order valence-corrected chi connectivity index (χ4v) is 4.74. The molecule has 2 aromatic heterocycles. The zero-order chi connectivity index (χ0) is 25.0. The molecule has 0 saturated heterocycles. The summed E-state index contributed by atoms with van der Waals surface area (Å²) in [5.74, 6) is 0. The average molecular weight is 671 g/mol. The Morgan fingerprint density at radius 1 is 0.730 bits per heavy atom. The number of fused-ring (bicyclic) bond motifs is 4. The predicted molar refractivity (Wildman–Crippen MR) is 137 cm³/mol. The van der Waals surface area contributed by atoms with Gasteiger partial charge in [0.25, 0.3) is 0 Å². The molecule has 0 aliphatic rings. The van der Waals surface area contributed by atoms with Crippen molar-refractivity contribution >= 4 is 32.6 Å². The number of nitrogens with zero attached hydrogens (tertiary/aromatic N) is 3. The van der Waals surface area contributed by atoms with Crippen LogP contribution in [0.4, 0.5) is 13.2 Å². The minimum absolute atomic E-state index is 0. The van der Waals surface area contributed by atoms with Gasteiger partial charge in [0.2, 0.25) is 0 Å². The van der Waals surface area contributed by atoms with Gasteiger partial charge in [-0.2, -0.15) is 13.2 Å². The largest absolute Gasteiger partial charge is 0.434 e. The van der Waals surface area contributed by atoms with E-state index in [0.29, 0.717) is 5.52 Å². The van der Waals surface area contributed by atoms with Gasteiger partial charge < -0.3 is 4.98 Å². The molecule has 0 bridgehead atoms. The van der Waals surface area contributed by atoms with Gasteiger partial charge >= 0.3 is 6.18 Å². The molecule has 37 heavy (non-hydrogen) atoms. The summed E-state index contributed by atoms with van der Waals surface area (Å²) in [5, 5.41) is 4.31. The molecule has 0 N–H and O–H groups in total. The first-order valence-electron chi connectivity index (χ1n) is 11.4. The molecule has 7 heteroatoms. The van der Waals surface area contributed by atoms with Crippen molar-refractivity contribution in [1.82, 2.24) is 15.0 Å². The van der Waals surface area contributed by atoms with Gasteiger partial charge in [-0.25, -0.2) is 4.98 Å². The molecular weight excluding hydrogens is 652 g/mol. The third kappa shape index (κ3) is 4.61. The molecule has 185 valence electrons. The molecule has 0 saturated carbocycles. The van der Waals surface area contributed by atoms with Gasteiger partial charge in [0.15, 0.2) is 5.69 Å². The van der Waals surface area contributed by atoms with Gasteiger partial charge in [-0.1, -0.05) is 44.2 Å². The standard InChI is InChI=1S/C30H19F3N3.Ir/c1-17-11-18(2)13-22(12-17)29-25-7-4-21-14-19(3-6-23(21)24(25)9-10-34-29)20-5-8-26-27(15-20)35-16-28(36-26)30(31,32)33;/h3-12,14-16H,1-2H3;/q-1;. The third-order valence-electron chi connectivity index (χ3n) is 6.33. The zero-order valence-corrected chi connectivity index (χ0v) is 22.2. The van der Waals surface area contributed by atoms with Gasteiger partial charge in [0.1, 0.15) is 0 Å². The first kappa shape index (κ1) is 25.0. The van der Waals surface area contributed by atoms with Crippen molar-refractivity contribution in [3.8, 4) is 22.4 Å². The summed E-state index contributed by atoms with van der Waals surface area (Å²) in [6, 6.07) is 25.1. The zero-order valence-electron chi connectivity index (χ0n) is 19.8. The molecule has 6 aromatic rings. The summed E-state index contributed by atoms with van der Waals surface area (Å²) in [6.07, 6.45) is -1.92. The van der Waals surface area contributed by atoms with E-state index in [1.807, 2.05) is 25.3 Å². The molecule has 1 radical (unpaired) electrons. The number of halogens is 3. The number of hydrogen-bond acceptors (Lipinski definition) is 3. The molecule has 0 aliphatic heterocycles. The molecule has 3 nitrogen and oxygen atoms in total. The molecule has 4 aromatic carbocycles. The van der Waals surface area contributed by atoms with Crippen LogP contribution in [0.2, 0.25) is 0 Å². The van der Waals surface area contributed by atoms with E-state index in [4.69, 9.17) is 0 Å². The predicted octanol–water partition coefficient (Wildman–Crippen LogP) is 8.10. The number of rotatable bonds is 2. The quantitative estimate of drug-likeness (QED) is 0.138. The molecule has 0 atom stereocenters. The van der Waals surface area contributed by atoms with Crippen LogP contribution >= 0.6 is 0 Å². The minimum Gasteiger partial charge on any atom is -0.304 e. The second-order valence-corrected chi connectivity index (χ2v) is 8.97. The van der Waals surface area contributed by atoms with Crippen LogP contribution in [-0.2, 0) is 26.3 Å². The molecule has 0 unspecified atom stereocenters. The number of benzene rings is 4. The van der Waals surface area contributed by atoms with Crippen molar-refractivity contribution in [2.24, 2.45) is 0 Å². The van der Waals surface area contributed by atoms with E-state index in [1.54, 1.807) is 18.2 Å². The Morgan fingerprint density at radius 2 is 1.49 bits per heavy atom. The minimum atomic E-state index is -4.52. The smallest absolute Gasteiger partial charge is 0.304 e. The molecule has 6 rings (SSSR count). The van der Waals surface area contributed by atoms with E-state index in [1.165, 1.54) is 5.56 Å². The molecule has 0 spiro atoms. The van der Waals surface area contributed by atoms with E-state index in [9.17, 15) is 13.2 Å². The maximum Gasteiger partial charge on any atom is 0.434 e. The fourth-order valence-electron chi connectivity index (χ4n) is 4.74. The summed E-state index contributed by atoms with van der Waals surface area (Å²) in [5.41, 5.74) is 5.55. The van der Waals surface area contributed by atoms with Crippen LogP contribution in [0.25, 0.3) is 55.0 Å². The maximum atomic E-state index is 13.0. The maximum absolute atomic E-state index is 13.0. The van der Waals surface area contributed by atoms with Gasteiger partial charge in [-0.15, -0.1) is 34.9 Å². The van der Waals surface area contributed by atoms with Gasteiger partial charge in [0, 0.05) is 26.3 Å². The summed E-state index contributed by atoms with van der Waals surface area (Å²) in [4.78, 5) is 12.4. The molecule has 0 aliphatic carbocycles. The number of alkyl halides is 3. The van der Waals surface area contributed by atoms with Crippen molar-refractivity contribution in [2.75, 3.05) is 0 Å². The van der Waals surface area contributed by atoms with E-state index < -0.39 is 11.9 Å². The first-order valence-corrected chi connectivity index (χ1v) is 11.4. The Morgan fingerprint density at radius 3 is 2.27 bits per heavy atom. The summed E-state index contributed by atoms with van der Waals surface area (Å²) in [6.45, 7) is 4.10. The number of pyridine rings is 1. The summed E-state index contributed by atoms with van der Waals surface area (Å²) < 4.78 is 38.9. The monoisotopic (exact) mass is 671 g/mol. The van der Waals surface area contributed by atoms with Crippen molar-refractivity contribution in [2.45, 2.75) is 20.0 Å². The van der Waals surface area contributed by atoms with Crippen LogP contribution in [0.1, 0.15) is 16.8 Å². The normalized spacial score (nSPS) is 11.7. The van der Waals surface area contributed by atoms with Gasteiger partial charge in [-0.3, -0.25) is 4.98 Å². The Labute approximate surface area is 224 Å². The Bertz CT molecular complexity index is 1790. The SMILES string of the molecule is Cc1[c-]c(-c2nccc3c2ccc2cc(-c4ccc5nc(C(F)(F)F)cnc5c4)ccc23)cc(C)c1.[Ir]. The van der Waals surface area contributed by atoms with Crippen molar-refractivity contribution in [3.63, 3.8) is 0 Å². The summed E-state index contributed by atoms with van der Waals surface area (Å²) >= 11 is 0. The number of hydrogen-bond donors (Lipinski definition) is 0. The van der Waals surface area contributed by atoms with Crippen LogP contribution in [0.15, 0.2) is 79.1 Å². The second-order valence-electron chi connectivity index (χ2n) is 8.97. The number of aromatic nitrogens is 3. The number of aryl methyl sites for hydroxylation is 2. The second kappa shape index (κ2) is 9.33. The average Bonchev–Trinajstić information content (AvgIpc) is 2.86. The van der Waals surface area contributed by atoms with Crippen LogP contribution in [0.3, 0.4) is 0 Å². The van der Waals surface area contributed by atoms with Crippen LogP contribution < -0.4 is 0 Å². The van der Waals surface area contributed by atoms with Crippen molar-refractivity contribution < 1.29 is 33.3 Å². The third-order valence-corrected chi connectivity index (χ3v) is 6.33. The van der Waals surface area contributed by atoms with E-state index in [2.05, 4.69) is 64.3 Å². The van der Waals surface area contributed by atoms with Gasteiger partial charge in [0.05, 0.1) is 17.2 Å². The van der Waals surface area contributed by atoms with E-state index >= 15 is 0 Å². The fraction of sp³-hybridized carbons (Fsp3) is 0.100. The Kier molecular flexibility index (Phi) is 6.30. The van der Waals surface area contributed by atoms with Crippen LogP contribution in [0.5, 0.6) is 0 Å². The van der Waals surface area contributed by atoms with Crippen molar-refractivity contribution in [1.29, 1.82) is 0 Å². The van der Waals surface area contributed by atoms with Crippen molar-refractivity contribution in [3.05, 3.63) is 102 Å². The molecule has 2 heterocycles. The van der Waals surface area contributed by atoms with E-state index in [-0.39, 0.29) is 25.6 Å². The summed E-state index contributed by atoms with van der Waals surface area (Å²) in [7, 11) is 0. The molecule has 0 amide bonds. The first-order chi connectivity index (χ1) is 17.3. The molecular formula is C30H19F3IrN3-. The van der Waals surface area contributed by atoms with Crippen LogP contribution in [-0.4, -0.2) is 15.0 Å². The Hall–Kier alpha value is -3.67.